The van der Waals surface area contributed by atoms with E-state index in [9.17, 15) is 0 Å². The minimum absolute atomic E-state index is 0.220. The van der Waals surface area contributed by atoms with Gasteiger partial charge in [0.15, 0.2) is 0 Å². The Bertz CT molecular complexity index is 423. The third-order valence-corrected chi connectivity index (χ3v) is 3.69. The van der Waals surface area contributed by atoms with Crippen molar-refractivity contribution >= 4 is 5.84 Å². The van der Waals surface area contributed by atoms with Crippen LogP contribution >= 0.6 is 0 Å². The van der Waals surface area contributed by atoms with Crippen LogP contribution in [0.2, 0.25) is 0 Å². The van der Waals surface area contributed by atoms with Crippen LogP contribution in [0.15, 0.2) is 29.4 Å². The molecule has 0 saturated carbocycles. The number of benzene rings is 1. The Kier molecular flexibility index (Phi) is 4.63. The number of hydrogen-bond donors (Lipinski definition) is 2. The summed E-state index contributed by atoms with van der Waals surface area (Å²) in [5.41, 5.74) is 6.93. The first-order valence-electron chi connectivity index (χ1n) is 6.55. The van der Waals surface area contributed by atoms with Crippen molar-refractivity contribution in [2.45, 2.75) is 19.4 Å². The first-order valence-corrected chi connectivity index (χ1v) is 6.55. The minimum atomic E-state index is 0.220. The van der Waals surface area contributed by atoms with Gasteiger partial charge in [-0.1, -0.05) is 17.3 Å². The Hall–Kier alpha value is -1.75. The highest BCUT2D eigenvalue weighted by atomic mass is 16.5. The number of likely N-dealkylation sites (tertiary alicyclic amines) is 1. The molecular formula is C14H21N3O2. The van der Waals surface area contributed by atoms with Crippen molar-refractivity contribution in [3.05, 3.63) is 29.8 Å². The minimum Gasteiger partial charge on any atom is -0.497 e. The zero-order valence-corrected chi connectivity index (χ0v) is 11.2. The molecule has 1 aliphatic rings. The zero-order valence-electron chi connectivity index (χ0n) is 11.2. The highest BCUT2D eigenvalue weighted by Gasteiger charge is 2.22. The Morgan fingerprint density at radius 1 is 1.37 bits per heavy atom. The maximum atomic E-state index is 8.68. The van der Waals surface area contributed by atoms with Gasteiger partial charge >= 0.3 is 0 Å². The van der Waals surface area contributed by atoms with Crippen molar-refractivity contribution in [3.63, 3.8) is 0 Å². The van der Waals surface area contributed by atoms with Gasteiger partial charge in [0, 0.05) is 12.5 Å². The van der Waals surface area contributed by atoms with E-state index in [-0.39, 0.29) is 5.92 Å². The summed E-state index contributed by atoms with van der Waals surface area (Å²) in [6.45, 7) is 2.90. The van der Waals surface area contributed by atoms with Crippen LogP contribution in [0.1, 0.15) is 18.4 Å². The molecule has 3 N–H and O–H groups in total. The molecule has 0 aromatic heterocycles. The van der Waals surface area contributed by atoms with Crippen LogP contribution in [-0.4, -0.2) is 36.1 Å². The molecule has 0 amide bonds. The Morgan fingerprint density at radius 3 is 2.53 bits per heavy atom. The molecule has 0 radical (unpaired) electrons. The molecule has 104 valence electrons. The molecule has 0 atom stereocenters. The summed E-state index contributed by atoms with van der Waals surface area (Å²) in [7, 11) is 1.67. The van der Waals surface area contributed by atoms with Gasteiger partial charge in [-0.3, -0.25) is 4.90 Å². The van der Waals surface area contributed by atoms with E-state index in [1.54, 1.807) is 7.11 Å². The van der Waals surface area contributed by atoms with E-state index in [0.29, 0.717) is 5.84 Å². The molecule has 0 spiro atoms. The smallest absolute Gasteiger partial charge is 0.142 e. The van der Waals surface area contributed by atoms with E-state index in [4.69, 9.17) is 15.7 Å². The SMILES string of the molecule is COc1ccc(CN2CCC(C(N)=NO)CC2)cc1. The summed E-state index contributed by atoms with van der Waals surface area (Å²) in [4.78, 5) is 2.39. The van der Waals surface area contributed by atoms with Crippen molar-refractivity contribution in [3.8, 4) is 5.75 Å². The van der Waals surface area contributed by atoms with Crippen molar-refractivity contribution in [1.82, 2.24) is 4.90 Å². The predicted molar refractivity (Wildman–Crippen MR) is 74.4 cm³/mol. The molecule has 19 heavy (non-hydrogen) atoms. The average Bonchev–Trinajstić information content (AvgIpc) is 2.48. The number of ether oxygens (including phenoxy) is 1. The topological polar surface area (TPSA) is 71.1 Å². The van der Waals surface area contributed by atoms with E-state index in [1.807, 2.05) is 12.1 Å². The molecule has 1 aromatic carbocycles. The van der Waals surface area contributed by atoms with Crippen molar-refractivity contribution in [2.24, 2.45) is 16.8 Å². The standard InChI is InChI=1S/C14H21N3O2/c1-19-13-4-2-11(3-5-13)10-17-8-6-12(7-9-17)14(15)16-18/h2-5,12,18H,6-10H2,1H3,(H2,15,16). The third kappa shape index (κ3) is 3.61. The summed E-state index contributed by atoms with van der Waals surface area (Å²) >= 11 is 0. The number of piperidine rings is 1. The lowest BCUT2D eigenvalue weighted by Crippen LogP contribution is -2.38. The number of oxime groups is 1. The van der Waals surface area contributed by atoms with Gasteiger partial charge in [0.25, 0.3) is 0 Å². The molecule has 5 nitrogen and oxygen atoms in total. The van der Waals surface area contributed by atoms with Crippen molar-refractivity contribution < 1.29 is 9.94 Å². The lowest BCUT2D eigenvalue weighted by atomic mass is 9.95. The molecule has 1 saturated heterocycles. The molecular weight excluding hydrogens is 242 g/mol. The molecule has 0 aliphatic carbocycles. The molecule has 0 bridgehead atoms. The first-order chi connectivity index (χ1) is 9.22. The van der Waals surface area contributed by atoms with Crippen LogP contribution in [0, 0.1) is 5.92 Å². The quantitative estimate of drug-likeness (QED) is 0.375. The van der Waals surface area contributed by atoms with E-state index >= 15 is 0 Å². The van der Waals surface area contributed by atoms with Gasteiger partial charge in [-0.05, 0) is 43.6 Å². The molecule has 1 heterocycles. The van der Waals surface area contributed by atoms with Gasteiger partial charge in [-0.25, -0.2) is 0 Å². The fourth-order valence-corrected chi connectivity index (χ4v) is 2.46. The molecule has 2 rings (SSSR count). The third-order valence-electron chi connectivity index (χ3n) is 3.69. The molecule has 0 unspecified atom stereocenters. The maximum absolute atomic E-state index is 8.68. The lowest BCUT2D eigenvalue weighted by molar-refractivity contribution is 0.198. The highest BCUT2D eigenvalue weighted by Crippen LogP contribution is 2.20. The van der Waals surface area contributed by atoms with E-state index in [1.165, 1.54) is 5.56 Å². The summed E-state index contributed by atoms with van der Waals surface area (Å²) in [6, 6.07) is 8.15. The first kappa shape index (κ1) is 13.7. The number of nitrogens with zero attached hydrogens (tertiary/aromatic N) is 2. The van der Waals surface area contributed by atoms with Gasteiger partial charge in [-0.2, -0.15) is 0 Å². The summed E-state index contributed by atoms with van der Waals surface area (Å²) in [6.07, 6.45) is 1.90. The van der Waals surface area contributed by atoms with Gasteiger partial charge in [0.05, 0.1) is 7.11 Å². The fourth-order valence-electron chi connectivity index (χ4n) is 2.46. The second-order valence-electron chi connectivity index (χ2n) is 4.92. The fraction of sp³-hybridized carbons (Fsp3) is 0.500. The Labute approximate surface area is 113 Å². The summed E-state index contributed by atoms with van der Waals surface area (Å²) in [5.74, 6) is 1.47. The Morgan fingerprint density at radius 2 is 2.00 bits per heavy atom. The van der Waals surface area contributed by atoms with Gasteiger partial charge in [0.1, 0.15) is 11.6 Å². The highest BCUT2D eigenvalue weighted by molar-refractivity contribution is 5.82. The van der Waals surface area contributed by atoms with E-state index < -0.39 is 0 Å². The molecule has 1 aliphatic heterocycles. The van der Waals surface area contributed by atoms with Gasteiger partial charge in [0.2, 0.25) is 0 Å². The van der Waals surface area contributed by atoms with E-state index in [2.05, 4.69) is 22.2 Å². The summed E-state index contributed by atoms with van der Waals surface area (Å²) < 4.78 is 5.15. The second-order valence-corrected chi connectivity index (χ2v) is 4.92. The van der Waals surface area contributed by atoms with E-state index in [0.717, 1.165) is 38.2 Å². The van der Waals surface area contributed by atoms with Crippen molar-refractivity contribution in [1.29, 1.82) is 0 Å². The predicted octanol–water partition coefficient (Wildman–Crippen LogP) is 1.65. The average molecular weight is 263 g/mol. The van der Waals surface area contributed by atoms with Gasteiger partial charge < -0.3 is 15.7 Å². The van der Waals surface area contributed by atoms with Gasteiger partial charge in [-0.15, -0.1) is 0 Å². The van der Waals surface area contributed by atoms with Crippen LogP contribution in [0.5, 0.6) is 5.75 Å². The number of amidine groups is 1. The van der Waals surface area contributed by atoms with Crippen LogP contribution in [-0.2, 0) is 6.54 Å². The lowest BCUT2D eigenvalue weighted by Gasteiger charge is -2.31. The number of methoxy groups -OCH3 is 1. The molecule has 5 heteroatoms. The Balaban J connectivity index is 1.85. The molecule has 1 aromatic rings. The number of hydrogen-bond acceptors (Lipinski definition) is 4. The largest absolute Gasteiger partial charge is 0.497 e. The van der Waals surface area contributed by atoms with Crippen LogP contribution < -0.4 is 10.5 Å². The van der Waals surface area contributed by atoms with Crippen LogP contribution in [0.3, 0.4) is 0 Å². The summed E-state index contributed by atoms with van der Waals surface area (Å²) in [5, 5.41) is 11.8. The van der Waals surface area contributed by atoms with Crippen LogP contribution in [0.25, 0.3) is 0 Å². The second kappa shape index (κ2) is 6.43. The number of nitrogens with two attached hydrogens (primary N) is 1. The normalized spacial score (nSPS) is 18.5. The number of rotatable bonds is 4. The van der Waals surface area contributed by atoms with Crippen molar-refractivity contribution in [2.75, 3.05) is 20.2 Å². The monoisotopic (exact) mass is 263 g/mol. The molecule has 1 fully saturated rings. The maximum Gasteiger partial charge on any atom is 0.142 e. The zero-order chi connectivity index (χ0) is 13.7. The van der Waals surface area contributed by atoms with Crippen LogP contribution in [0.4, 0.5) is 0 Å².